The summed E-state index contributed by atoms with van der Waals surface area (Å²) in [6.45, 7) is 4.80. The van der Waals surface area contributed by atoms with E-state index in [4.69, 9.17) is 12.2 Å². The van der Waals surface area contributed by atoms with Crippen molar-refractivity contribution in [1.29, 1.82) is 0 Å². The fourth-order valence-electron chi connectivity index (χ4n) is 1.67. The predicted molar refractivity (Wildman–Crippen MR) is 83.2 cm³/mol. The number of aryl methyl sites for hydroxylation is 2. The lowest BCUT2D eigenvalue weighted by molar-refractivity contribution is 0.882. The topological polar surface area (TPSA) is 37.0 Å². The van der Waals surface area contributed by atoms with Crippen molar-refractivity contribution in [3.63, 3.8) is 0 Å². The fraction of sp³-hybridized carbons (Fsp3) is 0.200. The van der Waals surface area contributed by atoms with Gasteiger partial charge in [0.05, 0.1) is 12.2 Å². The maximum atomic E-state index is 5.26. The Labute approximate surface area is 119 Å². The van der Waals surface area contributed by atoms with Crippen molar-refractivity contribution in [2.45, 2.75) is 20.4 Å². The van der Waals surface area contributed by atoms with Crippen LogP contribution in [-0.4, -0.2) is 10.1 Å². The van der Waals surface area contributed by atoms with E-state index < -0.39 is 0 Å². The summed E-state index contributed by atoms with van der Waals surface area (Å²) in [5.74, 6) is 0. The molecule has 1 aromatic carbocycles. The Morgan fingerprint density at radius 3 is 2.68 bits per heavy atom. The van der Waals surface area contributed by atoms with Crippen molar-refractivity contribution in [3.05, 3.63) is 59.4 Å². The largest absolute Gasteiger partial charge is 0.357 e. The predicted octanol–water partition coefficient (Wildman–Crippen LogP) is 3.19. The molecule has 0 radical (unpaired) electrons. The van der Waals surface area contributed by atoms with Crippen LogP contribution < -0.4 is 10.6 Å². The number of thiocarbonyl (C=S) groups is 1. The second-order valence-electron chi connectivity index (χ2n) is 4.43. The van der Waals surface area contributed by atoms with Gasteiger partial charge in [0.1, 0.15) is 0 Å². The van der Waals surface area contributed by atoms with Gasteiger partial charge in [-0.15, -0.1) is 0 Å². The molecule has 0 saturated carbocycles. The molecule has 0 atom stereocenters. The minimum Gasteiger partial charge on any atom is -0.357 e. The van der Waals surface area contributed by atoms with Crippen LogP contribution in [0.15, 0.2) is 42.6 Å². The zero-order valence-corrected chi connectivity index (χ0v) is 11.9. The third kappa shape index (κ3) is 4.03. The number of rotatable bonds is 3. The van der Waals surface area contributed by atoms with Gasteiger partial charge in [-0.3, -0.25) is 4.98 Å². The van der Waals surface area contributed by atoms with Gasteiger partial charge in [-0.1, -0.05) is 12.1 Å². The molecule has 2 N–H and O–H groups in total. The van der Waals surface area contributed by atoms with E-state index in [2.05, 4.69) is 41.6 Å². The molecule has 0 bridgehead atoms. The summed E-state index contributed by atoms with van der Waals surface area (Å²) < 4.78 is 0. The number of hydrogen-bond acceptors (Lipinski definition) is 2. The quantitative estimate of drug-likeness (QED) is 0.841. The van der Waals surface area contributed by atoms with Crippen LogP contribution in [0.25, 0.3) is 0 Å². The van der Waals surface area contributed by atoms with Gasteiger partial charge < -0.3 is 10.6 Å². The molecule has 3 nitrogen and oxygen atoms in total. The Morgan fingerprint density at radius 2 is 2.00 bits per heavy atom. The molecule has 0 amide bonds. The van der Waals surface area contributed by atoms with E-state index in [1.54, 1.807) is 6.20 Å². The van der Waals surface area contributed by atoms with E-state index in [1.165, 1.54) is 11.1 Å². The van der Waals surface area contributed by atoms with Crippen LogP contribution in [0.4, 0.5) is 5.69 Å². The van der Waals surface area contributed by atoms with Gasteiger partial charge in [-0.25, -0.2) is 0 Å². The molecule has 2 aromatic rings. The zero-order valence-electron chi connectivity index (χ0n) is 11.1. The smallest absolute Gasteiger partial charge is 0.171 e. The van der Waals surface area contributed by atoms with Crippen LogP contribution in [-0.2, 0) is 6.54 Å². The van der Waals surface area contributed by atoms with Crippen LogP contribution in [0.3, 0.4) is 0 Å². The molecule has 4 heteroatoms. The number of nitrogens with one attached hydrogen (secondary N) is 2. The van der Waals surface area contributed by atoms with Crippen LogP contribution >= 0.6 is 12.2 Å². The third-order valence-electron chi connectivity index (χ3n) is 2.92. The summed E-state index contributed by atoms with van der Waals surface area (Å²) in [7, 11) is 0. The number of pyridine rings is 1. The first-order valence-corrected chi connectivity index (χ1v) is 6.58. The highest BCUT2D eigenvalue weighted by Crippen LogP contribution is 2.13. The molecule has 0 saturated heterocycles. The molecular weight excluding hydrogens is 254 g/mol. The maximum Gasteiger partial charge on any atom is 0.171 e. The lowest BCUT2D eigenvalue weighted by Gasteiger charge is -2.11. The maximum absolute atomic E-state index is 5.26. The Balaban J connectivity index is 1.89. The fourth-order valence-corrected chi connectivity index (χ4v) is 1.86. The molecule has 2 rings (SSSR count). The number of hydrogen-bond donors (Lipinski definition) is 2. The Hall–Kier alpha value is -1.94. The number of benzene rings is 1. The highest BCUT2D eigenvalue weighted by Gasteiger charge is 2.00. The van der Waals surface area contributed by atoms with Gasteiger partial charge in [-0.2, -0.15) is 0 Å². The molecule has 1 aromatic heterocycles. The van der Waals surface area contributed by atoms with Crippen molar-refractivity contribution in [2.75, 3.05) is 5.32 Å². The molecule has 0 unspecified atom stereocenters. The Morgan fingerprint density at radius 1 is 1.16 bits per heavy atom. The summed E-state index contributed by atoms with van der Waals surface area (Å²) >= 11 is 5.26. The first kappa shape index (κ1) is 13.5. The van der Waals surface area contributed by atoms with Gasteiger partial charge in [0.25, 0.3) is 0 Å². The highest BCUT2D eigenvalue weighted by molar-refractivity contribution is 7.80. The second-order valence-corrected chi connectivity index (χ2v) is 4.84. The Kier molecular flexibility index (Phi) is 4.47. The SMILES string of the molecule is Cc1ccc(NC(=S)NCc2ccccn2)cc1C. The van der Waals surface area contributed by atoms with Crippen molar-refractivity contribution >= 4 is 23.0 Å². The second kappa shape index (κ2) is 6.29. The molecule has 0 aliphatic carbocycles. The van der Waals surface area contributed by atoms with Crippen LogP contribution in [0.2, 0.25) is 0 Å². The summed E-state index contributed by atoms with van der Waals surface area (Å²) in [4.78, 5) is 4.23. The van der Waals surface area contributed by atoms with E-state index in [0.717, 1.165) is 11.4 Å². The standard InChI is InChI=1S/C15H17N3S/c1-11-6-7-13(9-12(11)2)18-15(19)17-10-14-5-3-4-8-16-14/h3-9H,10H2,1-2H3,(H2,17,18,19). The van der Waals surface area contributed by atoms with Crippen LogP contribution in [0, 0.1) is 13.8 Å². The molecule has 19 heavy (non-hydrogen) atoms. The lowest BCUT2D eigenvalue weighted by Crippen LogP contribution is -2.28. The van der Waals surface area contributed by atoms with Gasteiger partial charge in [0.2, 0.25) is 0 Å². The highest BCUT2D eigenvalue weighted by atomic mass is 32.1. The normalized spacial score (nSPS) is 10.0. The monoisotopic (exact) mass is 271 g/mol. The minimum atomic E-state index is 0.605. The van der Waals surface area contributed by atoms with Crippen molar-refractivity contribution < 1.29 is 0 Å². The third-order valence-corrected chi connectivity index (χ3v) is 3.17. The van der Waals surface area contributed by atoms with Crippen molar-refractivity contribution in [3.8, 4) is 0 Å². The molecule has 0 aliphatic rings. The molecule has 0 fully saturated rings. The molecule has 0 aliphatic heterocycles. The number of anilines is 1. The van der Waals surface area contributed by atoms with E-state index in [-0.39, 0.29) is 0 Å². The van der Waals surface area contributed by atoms with E-state index >= 15 is 0 Å². The Bertz CT molecular complexity index is 567. The van der Waals surface area contributed by atoms with Crippen LogP contribution in [0.1, 0.15) is 16.8 Å². The first-order chi connectivity index (χ1) is 9.15. The molecule has 98 valence electrons. The van der Waals surface area contributed by atoms with Crippen molar-refractivity contribution in [2.24, 2.45) is 0 Å². The molecule has 1 heterocycles. The van der Waals surface area contributed by atoms with Crippen molar-refractivity contribution in [1.82, 2.24) is 10.3 Å². The summed E-state index contributed by atoms with van der Waals surface area (Å²) in [6.07, 6.45) is 1.77. The average Bonchev–Trinajstić information content (AvgIpc) is 2.42. The minimum absolute atomic E-state index is 0.605. The van der Waals surface area contributed by atoms with Gasteiger partial charge in [-0.05, 0) is 61.5 Å². The van der Waals surface area contributed by atoms with Gasteiger partial charge in [0, 0.05) is 11.9 Å². The zero-order chi connectivity index (χ0) is 13.7. The summed E-state index contributed by atoms with van der Waals surface area (Å²) in [6, 6.07) is 12.0. The average molecular weight is 271 g/mol. The summed E-state index contributed by atoms with van der Waals surface area (Å²) in [5, 5.41) is 6.92. The molecular formula is C15H17N3S. The number of aromatic nitrogens is 1. The first-order valence-electron chi connectivity index (χ1n) is 6.17. The van der Waals surface area contributed by atoms with Gasteiger partial charge in [0.15, 0.2) is 5.11 Å². The van der Waals surface area contributed by atoms with Gasteiger partial charge >= 0.3 is 0 Å². The summed E-state index contributed by atoms with van der Waals surface area (Å²) in [5.41, 5.74) is 4.49. The van der Waals surface area contributed by atoms with E-state index in [0.29, 0.717) is 11.7 Å². The molecule has 0 spiro atoms. The number of nitrogens with zero attached hydrogens (tertiary/aromatic N) is 1. The lowest BCUT2D eigenvalue weighted by atomic mass is 10.1. The van der Waals surface area contributed by atoms with E-state index in [9.17, 15) is 0 Å². The van der Waals surface area contributed by atoms with E-state index in [1.807, 2.05) is 24.3 Å². The van der Waals surface area contributed by atoms with Crippen LogP contribution in [0.5, 0.6) is 0 Å².